The largest absolute Gasteiger partial charge is 0.469 e. The lowest BCUT2D eigenvalue weighted by molar-refractivity contribution is -0.146. The summed E-state index contributed by atoms with van der Waals surface area (Å²) in [5.41, 5.74) is 0.712. The molecular formula is C20H30N2O5S. The molecule has 1 amide bonds. The van der Waals surface area contributed by atoms with Crippen LogP contribution in [0.25, 0.3) is 6.08 Å². The smallest absolute Gasteiger partial charge is 0.310 e. The molecule has 0 spiro atoms. The highest BCUT2D eigenvalue weighted by atomic mass is 32.2. The number of rotatable bonds is 10. The van der Waals surface area contributed by atoms with Gasteiger partial charge in [-0.15, -0.1) is 0 Å². The van der Waals surface area contributed by atoms with E-state index >= 15 is 0 Å². The molecule has 1 rings (SSSR count). The number of benzene rings is 1. The number of esters is 1. The van der Waals surface area contributed by atoms with Gasteiger partial charge in [-0.1, -0.05) is 32.9 Å². The van der Waals surface area contributed by atoms with Crippen molar-refractivity contribution < 1.29 is 22.7 Å². The maximum Gasteiger partial charge on any atom is 0.310 e. The molecule has 0 aliphatic rings. The second-order valence-corrected chi connectivity index (χ2v) is 8.23. The molecule has 0 aliphatic heterocycles. The number of hydrogen-bond donors (Lipinski definition) is 0. The van der Waals surface area contributed by atoms with Crippen LogP contribution in [0.1, 0.15) is 33.3 Å². The van der Waals surface area contributed by atoms with Crippen molar-refractivity contribution in [2.24, 2.45) is 5.92 Å². The molecule has 1 aromatic carbocycles. The lowest BCUT2D eigenvalue weighted by Gasteiger charge is -2.22. The lowest BCUT2D eigenvalue weighted by atomic mass is 10.1. The SMILES string of the molecule is CCN(CC(C)C(=O)OC)C(=O)/C=C/c1ccc(S(=O)(=O)N(CC)CC)cc1. The number of sulfonamides is 1. The summed E-state index contributed by atoms with van der Waals surface area (Å²) in [7, 11) is -2.18. The van der Waals surface area contributed by atoms with E-state index in [1.165, 1.54) is 29.6 Å². The Morgan fingerprint density at radius 2 is 1.64 bits per heavy atom. The highest BCUT2D eigenvalue weighted by Crippen LogP contribution is 2.17. The van der Waals surface area contributed by atoms with Gasteiger partial charge in [0.15, 0.2) is 0 Å². The number of carbonyl (C=O) groups excluding carboxylic acids is 2. The van der Waals surface area contributed by atoms with Gasteiger partial charge < -0.3 is 9.64 Å². The molecule has 0 aromatic heterocycles. The first-order valence-electron chi connectivity index (χ1n) is 9.36. The van der Waals surface area contributed by atoms with E-state index in [0.29, 0.717) is 25.2 Å². The molecule has 0 radical (unpaired) electrons. The third-order valence-corrected chi connectivity index (χ3v) is 6.50. The number of likely N-dealkylation sites (N-methyl/N-ethyl adjacent to an activating group) is 1. The average molecular weight is 411 g/mol. The highest BCUT2D eigenvalue weighted by Gasteiger charge is 2.21. The normalized spacial score (nSPS) is 12.9. The van der Waals surface area contributed by atoms with Crippen LogP contribution < -0.4 is 0 Å². The van der Waals surface area contributed by atoms with Crippen LogP contribution >= 0.6 is 0 Å². The summed E-state index contributed by atoms with van der Waals surface area (Å²) in [6.45, 7) is 8.69. The van der Waals surface area contributed by atoms with E-state index in [4.69, 9.17) is 4.74 Å². The van der Waals surface area contributed by atoms with Gasteiger partial charge in [0.1, 0.15) is 0 Å². The van der Waals surface area contributed by atoms with Gasteiger partial charge in [0, 0.05) is 32.3 Å². The minimum Gasteiger partial charge on any atom is -0.469 e. The van der Waals surface area contributed by atoms with Gasteiger partial charge in [-0.05, 0) is 30.7 Å². The summed E-state index contributed by atoms with van der Waals surface area (Å²) in [4.78, 5) is 25.7. The van der Waals surface area contributed by atoms with Crippen molar-refractivity contribution in [1.29, 1.82) is 0 Å². The second-order valence-electron chi connectivity index (χ2n) is 6.29. The Morgan fingerprint density at radius 3 is 2.11 bits per heavy atom. The van der Waals surface area contributed by atoms with Gasteiger partial charge in [0.25, 0.3) is 0 Å². The van der Waals surface area contributed by atoms with E-state index in [-0.39, 0.29) is 23.3 Å². The monoisotopic (exact) mass is 410 g/mol. The van der Waals surface area contributed by atoms with Crippen LogP contribution in [-0.4, -0.2) is 62.8 Å². The van der Waals surface area contributed by atoms with Crippen LogP contribution in [0.5, 0.6) is 0 Å². The maximum atomic E-state index is 12.5. The van der Waals surface area contributed by atoms with Gasteiger partial charge >= 0.3 is 5.97 Å². The molecule has 1 unspecified atom stereocenters. The number of ether oxygens (including phenoxy) is 1. The Bertz CT molecular complexity index is 783. The predicted octanol–water partition coefficient (Wildman–Crippen LogP) is 2.39. The van der Waals surface area contributed by atoms with E-state index < -0.39 is 15.9 Å². The summed E-state index contributed by atoms with van der Waals surface area (Å²) in [6, 6.07) is 6.39. The van der Waals surface area contributed by atoms with Crippen LogP contribution in [0.2, 0.25) is 0 Å². The van der Waals surface area contributed by atoms with Crippen molar-refractivity contribution in [1.82, 2.24) is 9.21 Å². The summed E-state index contributed by atoms with van der Waals surface area (Å²) < 4.78 is 31.1. The quantitative estimate of drug-likeness (QED) is 0.437. The fourth-order valence-corrected chi connectivity index (χ4v) is 4.18. The Hall–Kier alpha value is -2.19. The summed E-state index contributed by atoms with van der Waals surface area (Å²) in [5.74, 6) is -0.995. The van der Waals surface area contributed by atoms with Crippen molar-refractivity contribution >= 4 is 28.0 Å². The van der Waals surface area contributed by atoms with Crippen molar-refractivity contribution in [3.05, 3.63) is 35.9 Å². The number of nitrogens with zero attached hydrogens (tertiary/aromatic N) is 2. The van der Waals surface area contributed by atoms with Gasteiger partial charge in [0.05, 0.1) is 17.9 Å². The number of methoxy groups -OCH3 is 1. The molecule has 8 heteroatoms. The Kier molecular flexibility index (Phi) is 9.34. The topological polar surface area (TPSA) is 84.0 Å². The van der Waals surface area contributed by atoms with Gasteiger partial charge in [-0.3, -0.25) is 9.59 Å². The third kappa shape index (κ3) is 6.17. The summed E-state index contributed by atoms with van der Waals surface area (Å²) in [6.07, 6.45) is 3.04. The molecule has 0 saturated carbocycles. The molecule has 1 atom stereocenters. The van der Waals surface area contributed by atoms with Gasteiger partial charge in [-0.2, -0.15) is 4.31 Å². The fraction of sp³-hybridized carbons (Fsp3) is 0.500. The minimum absolute atomic E-state index is 0.224. The minimum atomic E-state index is -3.50. The fourth-order valence-electron chi connectivity index (χ4n) is 2.72. The van der Waals surface area contributed by atoms with E-state index in [1.54, 1.807) is 43.9 Å². The van der Waals surface area contributed by atoms with Crippen LogP contribution in [0.4, 0.5) is 0 Å². The summed E-state index contributed by atoms with van der Waals surface area (Å²) >= 11 is 0. The Balaban J connectivity index is 2.86. The average Bonchev–Trinajstić information content (AvgIpc) is 2.70. The predicted molar refractivity (Wildman–Crippen MR) is 109 cm³/mol. The van der Waals surface area contributed by atoms with Crippen LogP contribution in [-0.2, 0) is 24.3 Å². The lowest BCUT2D eigenvalue weighted by Crippen LogP contribution is -2.36. The number of carbonyl (C=O) groups is 2. The molecule has 0 fully saturated rings. The third-order valence-electron chi connectivity index (χ3n) is 4.43. The molecule has 156 valence electrons. The zero-order chi connectivity index (χ0) is 21.3. The number of amides is 1. The molecule has 28 heavy (non-hydrogen) atoms. The molecule has 0 saturated heterocycles. The van der Waals surface area contributed by atoms with Crippen LogP contribution in [0.3, 0.4) is 0 Å². The van der Waals surface area contributed by atoms with Crippen molar-refractivity contribution in [2.45, 2.75) is 32.6 Å². The molecule has 0 bridgehead atoms. The molecular weight excluding hydrogens is 380 g/mol. The second kappa shape index (κ2) is 11.0. The van der Waals surface area contributed by atoms with Gasteiger partial charge in [-0.25, -0.2) is 8.42 Å². The molecule has 7 nitrogen and oxygen atoms in total. The van der Waals surface area contributed by atoms with Crippen molar-refractivity contribution in [3.63, 3.8) is 0 Å². The number of hydrogen-bond acceptors (Lipinski definition) is 5. The zero-order valence-corrected chi connectivity index (χ0v) is 18.0. The molecule has 1 aromatic rings. The Morgan fingerprint density at radius 1 is 1.07 bits per heavy atom. The first kappa shape index (κ1) is 23.8. The first-order valence-corrected chi connectivity index (χ1v) is 10.8. The van der Waals surface area contributed by atoms with E-state index in [9.17, 15) is 18.0 Å². The molecule has 0 heterocycles. The van der Waals surface area contributed by atoms with Crippen LogP contribution in [0.15, 0.2) is 35.2 Å². The first-order chi connectivity index (χ1) is 13.2. The Labute approximate surface area is 168 Å². The molecule has 0 N–H and O–H groups in total. The van der Waals surface area contributed by atoms with Gasteiger partial charge in [0.2, 0.25) is 15.9 Å². The highest BCUT2D eigenvalue weighted by molar-refractivity contribution is 7.89. The van der Waals surface area contributed by atoms with Crippen LogP contribution in [0, 0.1) is 5.92 Å². The standard InChI is InChI=1S/C20H30N2O5S/c1-6-21(15-16(4)20(24)27-5)19(23)14-11-17-9-12-18(13-10-17)28(25,26)22(7-2)8-3/h9-14,16H,6-8,15H2,1-5H3/b14-11+. The van der Waals surface area contributed by atoms with E-state index in [1.807, 2.05) is 6.92 Å². The summed E-state index contributed by atoms with van der Waals surface area (Å²) in [5, 5.41) is 0. The van der Waals surface area contributed by atoms with E-state index in [0.717, 1.165) is 0 Å². The van der Waals surface area contributed by atoms with Crippen molar-refractivity contribution in [2.75, 3.05) is 33.3 Å². The zero-order valence-electron chi connectivity index (χ0n) is 17.2. The molecule has 0 aliphatic carbocycles. The maximum absolute atomic E-state index is 12.5. The van der Waals surface area contributed by atoms with Crippen molar-refractivity contribution in [3.8, 4) is 0 Å². The van der Waals surface area contributed by atoms with E-state index in [2.05, 4.69) is 0 Å².